The van der Waals surface area contributed by atoms with Gasteiger partial charge in [-0.05, 0) is 31.7 Å². The van der Waals surface area contributed by atoms with Crippen molar-refractivity contribution < 1.29 is 0 Å². The Bertz CT molecular complexity index is 543. The summed E-state index contributed by atoms with van der Waals surface area (Å²) in [5.41, 5.74) is 1.14. The van der Waals surface area contributed by atoms with E-state index in [0.717, 1.165) is 24.6 Å². The van der Waals surface area contributed by atoms with Gasteiger partial charge in [0.05, 0.1) is 11.9 Å². The average Bonchev–Trinajstić information content (AvgIpc) is 3.28. The molecule has 1 aliphatic rings. The maximum Gasteiger partial charge on any atom is 0.0724 e. The highest BCUT2D eigenvalue weighted by Gasteiger charge is 2.31. The quantitative estimate of drug-likeness (QED) is 0.862. The predicted molar refractivity (Wildman–Crippen MR) is 78.0 cm³/mol. The van der Waals surface area contributed by atoms with Crippen molar-refractivity contribution in [2.24, 2.45) is 5.92 Å². The van der Waals surface area contributed by atoms with Crippen molar-refractivity contribution in [1.29, 1.82) is 0 Å². The third-order valence-corrected chi connectivity index (χ3v) is 3.91. The van der Waals surface area contributed by atoms with Crippen LogP contribution in [0.3, 0.4) is 0 Å². The summed E-state index contributed by atoms with van der Waals surface area (Å²) in [6.07, 6.45) is 6.76. The lowest BCUT2D eigenvalue weighted by molar-refractivity contribution is 0.456. The highest BCUT2D eigenvalue weighted by Crippen LogP contribution is 2.34. The normalized spacial score (nSPS) is 16.7. The topological polar surface area (TPSA) is 37.8 Å². The Hall–Kier alpha value is -1.48. The molecule has 0 radical (unpaired) electrons. The fraction of sp³-hybridized carbons (Fsp3) is 0.500. The van der Waals surface area contributed by atoms with Gasteiger partial charge >= 0.3 is 0 Å². The molecule has 1 aromatic carbocycles. The molecule has 3 nitrogen and oxygen atoms in total. The van der Waals surface area contributed by atoms with Gasteiger partial charge < -0.3 is 5.32 Å². The number of rotatable bonds is 6. The number of fused-ring (bicyclic) bond motifs is 1. The molecule has 1 saturated carbocycles. The molecule has 19 heavy (non-hydrogen) atoms. The summed E-state index contributed by atoms with van der Waals surface area (Å²) >= 11 is 0. The van der Waals surface area contributed by atoms with Crippen molar-refractivity contribution in [3.05, 3.63) is 36.2 Å². The van der Waals surface area contributed by atoms with Crippen molar-refractivity contribution in [2.45, 2.75) is 38.6 Å². The molecule has 1 unspecified atom stereocenters. The summed E-state index contributed by atoms with van der Waals surface area (Å²) in [7, 11) is 0. The smallest absolute Gasteiger partial charge is 0.0724 e. The molecule has 0 amide bonds. The largest absolute Gasteiger partial charge is 0.313 e. The molecular formula is C16H21N3. The second-order valence-corrected chi connectivity index (χ2v) is 5.48. The minimum atomic E-state index is 0.569. The van der Waals surface area contributed by atoms with Gasteiger partial charge in [0.1, 0.15) is 0 Å². The Kier molecular flexibility index (Phi) is 3.74. The van der Waals surface area contributed by atoms with Crippen molar-refractivity contribution in [3.63, 3.8) is 0 Å². The second kappa shape index (κ2) is 5.66. The summed E-state index contributed by atoms with van der Waals surface area (Å²) in [5, 5.41) is 14.6. The first-order valence-corrected chi connectivity index (χ1v) is 7.31. The fourth-order valence-corrected chi connectivity index (χ4v) is 2.68. The third-order valence-electron chi connectivity index (χ3n) is 3.91. The van der Waals surface area contributed by atoms with Gasteiger partial charge in [-0.25, -0.2) is 0 Å². The van der Waals surface area contributed by atoms with Gasteiger partial charge in [-0.3, -0.25) is 0 Å². The molecule has 1 aromatic heterocycles. The average molecular weight is 255 g/mol. The molecule has 1 atom stereocenters. The molecule has 1 heterocycles. The van der Waals surface area contributed by atoms with Gasteiger partial charge in [-0.2, -0.15) is 10.2 Å². The maximum atomic E-state index is 4.37. The van der Waals surface area contributed by atoms with Crippen LogP contribution in [0.15, 0.2) is 30.5 Å². The molecule has 1 aliphatic carbocycles. The Morgan fingerprint density at radius 1 is 1.32 bits per heavy atom. The molecule has 2 aromatic rings. The van der Waals surface area contributed by atoms with Crippen LogP contribution in [0.4, 0.5) is 0 Å². The fourth-order valence-electron chi connectivity index (χ4n) is 2.68. The van der Waals surface area contributed by atoms with Crippen LogP contribution in [0.25, 0.3) is 10.8 Å². The Labute approximate surface area is 114 Å². The van der Waals surface area contributed by atoms with E-state index in [1.165, 1.54) is 30.0 Å². The van der Waals surface area contributed by atoms with Crippen molar-refractivity contribution >= 4 is 10.8 Å². The summed E-state index contributed by atoms with van der Waals surface area (Å²) in [6.45, 7) is 3.31. The zero-order chi connectivity index (χ0) is 13.1. The van der Waals surface area contributed by atoms with Crippen LogP contribution >= 0.6 is 0 Å². The van der Waals surface area contributed by atoms with Gasteiger partial charge in [0.25, 0.3) is 0 Å². The number of hydrogen-bond donors (Lipinski definition) is 1. The minimum Gasteiger partial charge on any atom is -0.313 e. The van der Waals surface area contributed by atoms with Crippen LogP contribution in [0.1, 0.15) is 31.9 Å². The first-order valence-electron chi connectivity index (χ1n) is 7.31. The van der Waals surface area contributed by atoms with Crippen molar-refractivity contribution in [3.8, 4) is 0 Å². The van der Waals surface area contributed by atoms with E-state index >= 15 is 0 Å². The molecule has 3 heteroatoms. The van der Waals surface area contributed by atoms with Gasteiger partial charge in [0.2, 0.25) is 0 Å². The third kappa shape index (κ3) is 2.92. The Morgan fingerprint density at radius 3 is 2.95 bits per heavy atom. The maximum absolute atomic E-state index is 4.37. The van der Waals surface area contributed by atoms with Gasteiger partial charge in [0.15, 0.2) is 0 Å². The van der Waals surface area contributed by atoms with E-state index in [0.29, 0.717) is 6.04 Å². The van der Waals surface area contributed by atoms with E-state index in [9.17, 15) is 0 Å². The van der Waals surface area contributed by atoms with E-state index in [1.54, 1.807) is 0 Å². The zero-order valence-electron chi connectivity index (χ0n) is 11.5. The predicted octanol–water partition coefficient (Wildman–Crippen LogP) is 2.95. The number of hydrogen-bond acceptors (Lipinski definition) is 3. The van der Waals surface area contributed by atoms with Crippen molar-refractivity contribution in [1.82, 2.24) is 15.5 Å². The van der Waals surface area contributed by atoms with Gasteiger partial charge in [0, 0.05) is 23.2 Å². The zero-order valence-corrected chi connectivity index (χ0v) is 11.5. The molecule has 0 aliphatic heterocycles. The first kappa shape index (κ1) is 12.5. The van der Waals surface area contributed by atoms with Crippen LogP contribution < -0.4 is 5.32 Å². The summed E-state index contributed by atoms with van der Waals surface area (Å²) < 4.78 is 0. The van der Waals surface area contributed by atoms with Crippen molar-refractivity contribution in [2.75, 3.05) is 6.54 Å². The molecule has 1 fully saturated rings. The first-order chi connectivity index (χ1) is 9.38. The van der Waals surface area contributed by atoms with Crippen LogP contribution in [0, 0.1) is 5.92 Å². The Balaban J connectivity index is 1.82. The summed E-state index contributed by atoms with van der Waals surface area (Å²) in [6, 6.07) is 8.98. The van der Waals surface area contributed by atoms with E-state index < -0.39 is 0 Å². The molecule has 1 N–H and O–H groups in total. The van der Waals surface area contributed by atoms with E-state index in [2.05, 4.69) is 46.7 Å². The van der Waals surface area contributed by atoms with Crippen LogP contribution in [0.2, 0.25) is 0 Å². The molecule has 0 spiro atoms. The number of benzene rings is 1. The molecule has 3 rings (SSSR count). The van der Waals surface area contributed by atoms with Gasteiger partial charge in [-0.1, -0.05) is 31.2 Å². The number of nitrogens with zero attached hydrogens (tertiary/aromatic N) is 2. The lowest BCUT2D eigenvalue weighted by atomic mass is 10.0. The Morgan fingerprint density at radius 2 is 2.16 bits per heavy atom. The molecule has 0 saturated heterocycles. The molecule has 100 valence electrons. The lowest BCUT2D eigenvalue weighted by Gasteiger charge is -2.18. The minimum absolute atomic E-state index is 0.569. The van der Waals surface area contributed by atoms with Crippen LogP contribution in [-0.2, 0) is 6.42 Å². The van der Waals surface area contributed by atoms with Gasteiger partial charge in [-0.15, -0.1) is 0 Å². The molecular weight excluding hydrogens is 234 g/mol. The molecule has 0 bridgehead atoms. The SMILES string of the molecule is CCCNC(Cc1nncc2ccccc12)C1CC1. The number of aromatic nitrogens is 2. The van der Waals surface area contributed by atoms with Crippen LogP contribution in [-0.4, -0.2) is 22.8 Å². The van der Waals surface area contributed by atoms with E-state index in [-0.39, 0.29) is 0 Å². The van der Waals surface area contributed by atoms with E-state index in [4.69, 9.17) is 0 Å². The number of nitrogens with one attached hydrogen (secondary N) is 1. The highest BCUT2D eigenvalue weighted by molar-refractivity contribution is 5.83. The summed E-state index contributed by atoms with van der Waals surface area (Å²) in [4.78, 5) is 0. The lowest BCUT2D eigenvalue weighted by Crippen LogP contribution is -2.34. The second-order valence-electron chi connectivity index (χ2n) is 5.48. The van der Waals surface area contributed by atoms with Crippen LogP contribution in [0.5, 0.6) is 0 Å². The van der Waals surface area contributed by atoms with E-state index in [1.807, 2.05) is 6.20 Å². The highest BCUT2D eigenvalue weighted by atomic mass is 15.1. The standard InChI is InChI=1S/C16H21N3/c1-2-9-17-15(12-7-8-12)10-16-14-6-4-3-5-13(14)11-18-19-16/h3-6,11-12,15,17H,2,7-10H2,1H3. The monoisotopic (exact) mass is 255 g/mol. The summed E-state index contributed by atoms with van der Waals surface area (Å²) in [5.74, 6) is 0.840.